The van der Waals surface area contributed by atoms with Crippen LogP contribution in [-0.2, 0) is 29.6 Å². The molecule has 0 bridgehead atoms. The number of carbonyl (C=O) groups excluding carboxylic acids is 1. The van der Waals surface area contributed by atoms with Crippen LogP contribution in [-0.4, -0.2) is 41.5 Å². The first kappa shape index (κ1) is 30.2. The number of benzene rings is 1. The Morgan fingerprint density at radius 2 is 1.50 bits per heavy atom. The maximum Gasteiger partial charge on any atom is 0.512 e. The maximum atomic E-state index is 12.7. The van der Waals surface area contributed by atoms with Crippen LogP contribution in [0.15, 0.2) is 29.2 Å². The fourth-order valence-electron chi connectivity index (χ4n) is 3.04. The second-order valence-corrected chi connectivity index (χ2v) is 13.1. The lowest BCUT2D eigenvalue weighted by Gasteiger charge is -2.40. The standard InChI is InChI=1S/C21H32F3NO7S2/c1-15(2)14-20(6,19(3,4)5)18(26)32-13-7-12-31-16-8-10-17(11-9-16)33(27,28)25-34(29,30)21(22,23)24/h8-11,15,25H,7,12-14H2,1-6H3. The molecule has 0 aliphatic rings. The van der Waals surface area contributed by atoms with Crippen LogP contribution in [0.1, 0.15) is 54.4 Å². The quantitative estimate of drug-likeness (QED) is 0.336. The first-order valence-corrected chi connectivity index (χ1v) is 13.4. The van der Waals surface area contributed by atoms with Gasteiger partial charge in [0.05, 0.1) is 23.5 Å². The molecule has 196 valence electrons. The topological polar surface area (TPSA) is 116 Å². The second kappa shape index (κ2) is 10.8. The van der Waals surface area contributed by atoms with Gasteiger partial charge in [-0.25, -0.2) is 16.8 Å². The molecule has 1 aromatic rings. The van der Waals surface area contributed by atoms with Crippen LogP contribution in [0.2, 0.25) is 0 Å². The first-order chi connectivity index (χ1) is 15.2. The monoisotopic (exact) mass is 531 g/mol. The number of hydrogen-bond donors (Lipinski definition) is 1. The van der Waals surface area contributed by atoms with Gasteiger partial charge in [0.25, 0.3) is 10.0 Å². The Bertz CT molecular complexity index is 1050. The molecule has 13 heteroatoms. The van der Waals surface area contributed by atoms with Gasteiger partial charge < -0.3 is 9.47 Å². The average Bonchev–Trinajstić information content (AvgIpc) is 2.64. The molecule has 0 fully saturated rings. The number of carbonyl (C=O) groups is 1. The lowest BCUT2D eigenvalue weighted by molar-refractivity contribution is -0.163. The molecule has 8 nitrogen and oxygen atoms in total. The second-order valence-electron chi connectivity index (χ2n) is 9.53. The summed E-state index contributed by atoms with van der Waals surface area (Å²) in [6.07, 6.45) is 1.01. The number of alkyl halides is 3. The third-order valence-electron chi connectivity index (χ3n) is 5.37. The Balaban J connectivity index is 2.65. The zero-order valence-corrected chi connectivity index (χ0v) is 21.7. The van der Waals surface area contributed by atoms with E-state index in [1.807, 2.05) is 41.5 Å². The van der Waals surface area contributed by atoms with Gasteiger partial charge in [0, 0.05) is 6.42 Å². The van der Waals surface area contributed by atoms with E-state index in [-0.39, 0.29) is 30.3 Å². The van der Waals surface area contributed by atoms with Gasteiger partial charge in [0.2, 0.25) is 0 Å². The minimum atomic E-state index is -6.08. The van der Waals surface area contributed by atoms with E-state index in [0.717, 1.165) is 12.1 Å². The number of rotatable bonds is 11. The van der Waals surface area contributed by atoms with E-state index in [0.29, 0.717) is 22.9 Å². The Kier molecular flexibility index (Phi) is 9.60. The minimum Gasteiger partial charge on any atom is -0.493 e. The van der Waals surface area contributed by atoms with Crippen LogP contribution in [0.5, 0.6) is 5.75 Å². The van der Waals surface area contributed by atoms with Crippen molar-refractivity contribution in [1.29, 1.82) is 0 Å². The highest BCUT2D eigenvalue weighted by Gasteiger charge is 2.48. The number of sulfonamides is 2. The highest BCUT2D eigenvalue weighted by Crippen LogP contribution is 2.44. The molecule has 0 amide bonds. The van der Waals surface area contributed by atoms with Gasteiger partial charge >= 0.3 is 21.5 Å². The van der Waals surface area contributed by atoms with Crippen LogP contribution in [0.4, 0.5) is 13.2 Å². The molecule has 0 saturated carbocycles. The molecule has 0 aliphatic heterocycles. The number of nitrogens with one attached hydrogen (secondary N) is 1. The molecule has 0 aliphatic carbocycles. The highest BCUT2D eigenvalue weighted by atomic mass is 32.3. The number of hydrogen-bond acceptors (Lipinski definition) is 7. The summed E-state index contributed by atoms with van der Waals surface area (Å²) in [5.74, 6) is 0.198. The predicted octanol–water partition coefficient (Wildman–Crippen LogP) is 4.23. The number of ether oxygens (including phenoxy) is 2. The van der Waals surface area contributed by atoms with Crippen molar-refractivity contribution in [2.24, 2.45) is 16.7 Å². The van der Waals surface area contributed by atoms with E-state index in [9.17, 15) is 34.8 Å². The lowest BCUT2D eigenvalue weighted by atomic mass is 9.64. The maximum absolute atomic E-state index is 12.7. The fourth-order valence-corrected chi connectivity index (χ4v) is 5.45. The minimum absolute atomic E-state index is 0.105. The van der Waals surface area contributed by atoms with Crippen molar-refractivity contribution in [2.75, 3.05) is 13.2 Å². The van der Waals surface area contributed by atoms with Gasteiger partial charge in [-0.05, 0) is 48.9 Å². The summed E-state index contributed by atoms with van der Waals surface area (Å²) in [6.45, 7) is 12.1. The largest absolute Gasteiger partial charge is 0.512 e. The Morgan fingerprint density at radius 1 is 0.971 bits per heavy atom. The summed E-state index contributed by atoms with van der Waals surface area (Å²) in [6, 6.07) is 4.15. The molecule has 0 saturated heterocycles. The van der Waals surface area contributed by atoms with Crippen LogP contribution >= 0.6 is 0 Å². The van der Waals surface area contributed by atoms with Crippen molar-refractivity contribution in [3.63, 3.8) is 0 Å². The molecular formula is C21H32F3NO7S2. The summed E-state index contributed by atoms with van der Waals surface area (Å²) in [4.78, 5) is 12.0. The van der Waals surface area contributed by atoms with Gasteiger partial charge in [-0.2, -0.15) is 13.2 Å². The van der Waals surface area contributed by atoms with Crippen LogP contribution in [0.3, 0.4) is 0 Å². The summed E-state index contributed by atoms with van der Waals surface area (Å²) >= 11 is 0. The molecule has 1 atom stereocenters. The highest BCUT2D eigenvalue weighted by molar-refractivity contribution is 8.05. The van der Waals surface area contributed by atoms with Crippen molar-refractivity contribution in [1.82, 2.24) is 4.13 Å². The van der Waals surface area contributed by atoms with Gasteiger partial charge in [-0.1, -0.05) is 38.7 Å². The van der Waals surface area contributed by atoms with Gasteiger partial charge in [-0.15, -0.1) is 0 Å². The Labute approximate surface area is 199 Å². The average molecular weight is 532 g/mol. The van der Waals surface area contributed by atoms with E-state index in [1.54, 1.807) is 0 Å². The van der Waals surface area contributed by atoms with E-state index >= 15 is 0 Å². The van der Waals surface area contributed by atoms with E-state index in [2.05, 4.69) is 0 Å². The predicted molar refractivity (Wildman–Crippen MR) is 120 cm³/mol. The number of halogens is 3. The van der Waals surface area contributed by atoms with Crippen molar-refractivity contribution >= 4 is 26.0 Å². The number of esters is 1. The molecule has 0 aromatic heterocycles. The molecule has 1 N–H and O–H groups in total. The van der Waals surface area contributed by atoms with Crippen molar-refractivity contribution in [2.45, 2.75) is 64.8 Å². The summed E-state index contributed by atoms with van der Waals surface area (Å²) in [5, 5.41) is 0. The first-order valence-electron chi connectivity index (χ1n) is 10.5. The van der Waals surface area contributed by atoms with Crippen molar-refractivity contribution < 1.29 is 44.3 Å². The lowest BCUT2D eigenvalue weighted by Crippen LogP contribution is -2.42. The Morgan fingerprint density at radius 3 is 1.94 bits per heavy atom. The summed E-state index contributed by atoms with van der Waals surface area (Å²) in [5.41, 5.74) is -6.75. The smallest absolute Gasteiger partial charge is 0.493 e. The molecule has 0 radical (unpaired) electrons. The van der Waals surface area contributed by atoms with Crippen molar-refractivity contribution in [3.8, 4) is 5.75 Å². The molecular weight excluding hydrogens is 499 g/mol. The molecule has 1 rings (SSSR count). The molecule has 1 aromatic carbocycles. The van der Waals surface area contributed by atoms with E-state index in [1.165, 1.54) is 12.1 Å². The van der Waals surface area contributed by atoms with Crippen LogP contribution in [0.25, 0.3) is 0 Å². The molecule has 34 heavy (non-hydrogen) atoms. The van der Waals surface area contributed by atoms with Crippen LogP contribution < -0.4 is 8.86 Å². The molecule has 0 heterocycles. The van der Waals surface area contributed by atoms with E-state index in [4.69, 9.17) is 9.47 Å². The molecule has 0 spiro atoms. The SMILES string of the molecule is CC(C)CC(C)(C(=O)OCCCOc1ccc(S(=O)(=O)NS(=O)(=O)C(F)(F)F)cc1)C(C)(C)C. The van der Waals surface area contributed by atoms with Gasteiger partial charge in [0.15, 0.2) is 0 Å². The van der Waals surface area contributed by atoms with Crippen LogP contribution in [0, 0.1) is 16.7 Å². The van der Waals surface area contributed by atoms with Gasteiger partial charge in [0.1, 0.15) is 5.75 Å². The third-order valence-corrected chi connectivity index (χ3v) is 8.63. The van der Waals surface area contributed by atoms with Gasteiger partial charge in [-0.3, -0.25) is 4.79 Å². The zero-order valence-electron chi connectivity index (χ0n) is 20.0. The normalized spacial score (nSPS) is 15.1. The zero-order chi connectivity index (χ0) is 26.6. The van der Waals surface area contributed by atoms with Crippen molar-refractivity contribution in [3.05, 3.63) is 24.3 Å². The Hall–Kier alpha value is -1.86. The summed E-state index contributed by atoms with van der Waals surface area (Å²) in [7, 11) is -11.0. The fraction of sp³-hybridized carbons (Fsp3) is 0.667. The third kappa shape index (κ3) is 7.84. The summed E-state index contributed by atoms with van der Waals surface area (Å²) < 4.78 is 94.7. The molecule has 1 unspecified atom stereocenters. The van der Waals surface area contributed by atoms with E-state index < -0.39 is 35.9 Å².